The summed E-state index contributed by atoms with van der Waals surface area (Å²) >= 11 is 8.37. The van der Waals surface area contributed by atoms with Gasteiger partial charge in [0.15, 0.2) is 0 Å². The van der Waals surface area contributed by atoms with Crippen molar-refractivity contribution in [1.82, 2.24) is 5.32 Å². The summed E-state index contributed by atoms with van der Waals surface area (Å²) in [7, 11) is 0. The Morgan fingerprint density at radius 3 is 2.71 bits per heavy atom. The molecule has 0 bridgehead atoms. The molecule has 0 heterocycles. The number of benzene rings is 1. The number of nitrogens with one attached hydrogen (secondary N) is 1. The average Bonchev–Trinajstić information content (AvgIpc) is 2.32. The van der Waals surface area contributed by atoms with Gasteiger partial charge in [-0.1, -0.05) is 47.0 Å². The lowest BCUT2D eigenvalue weighted by Gasteiger charge is -2.06. The largest absolute Gasteiger partial charge is 0.313 e. The predicted molar refractivity (Wildman–Crippen MR) is 80.5 cm³/mol. The van der Waals surface area contributed by atoms with Crippen LogP contribution in [0.4, 0.5) is 4.39 Å². The Hall–Kier alpha value is 0.130. The summed E-state index contributed by atoms with van der Waals surface area (Å²) in [5.74, 6) is -0.228. The van der Waals surface area contributed by atoms with Crippen LogP contribution in [0.3, 0.4) is 0 Å². The molecule has 0 aromatic heterocycles. The third-order valence-corrected chi connectivity index (χ3v) is 3.69. The van der Waals surface area contributed by atoms with Crippen LogP contribution in [0.5, 0.6) is 0 Å². The van der Waals surface area contributed by atoms with Crippen LogP contribution in [0.25, 0.3) is 0 Å². The second-order valence-corrected chi connectivity index (χ2v) is 5.50. The molecule has 96 valence electrons. The van der Waals surface area contributed by atoms with Gasteiger partial charge in [-0.15, -0.1) is 0 Å². The molecule has 1 aromatic rings. The first-order valence-electron chi connectivity index (χ1n) is 5.94. The van der Waals surface area contributed by atoms with Gasteiger partial charge < -0.3 is 5.32 Å². The minimum Gasteiger partial charge on any atom is -0.313 e. The Labute approximate surface area is 121 Å². The first-order chi connectivity index (χ1) is 8.24. The van der Waals surface area contributed by atoms with Crippen molar-refractivity contribution in [2.75, 3.05) is 11.0 Å². The van der Waals surface area contributed by atoms with E-state index in [4.69, 9.17) is 11.6 Å². The molecule has 0 fully saturated rings. The lowest BCUT2D eigenvalue weighted by molar-refractivity contribution is 0.594. The summed E-state index contributed by atoms with van der Waals surface area (Å²) in [6.07, 6.45) is 5.03. The topological polar surface area (TPSA) is 12.0 Å². The van der Waals surface area contributed by atoms with E-state index in [2.05, 4.69) is 27.9 Å². The molecule has 1 rings (SSSR count). The van der Waals surface area contributed by atoms with Crippen molar-refractivity contribution >= 4 is 34.2 Å². The van der Waals surface area contributed by atoms with Crippen LogP contribution in [0, 0.1) is 5.82 Å². The van der Waals surface area contributed by atoms with E-state index in [0.717, 1.165) is 12.1 Å². The number of hydrogen-bond acceptors (Lipinski definition) is 1. The van der Waals surface area contributed by atoms with E-state index in [-0.39, 0.29) is 5.82 Å². The summed E-state index contributed by atoms with van der Waals surface area (Å²) in [5, 5.41) is 3.92. The fraction of sp³-hybridized carbons (Fsp3) is 0.538. The number of alkyl halides is 1. The van der Waals surface area contributed by atoms with E-state index < -0.39 is 0 Å². The summed E-state index contributed by atoms with van der Waals surface area (Å²) in [6.45, 7) is 1.61. The van der Waals surface area contributed by atoms with E-state index in [1.807, 2.05) is 0 Å². The summed E-state index contributed by atoms with van der Waals surface area (Å²) in [6, 6.07) is 4.48. The lowest BCUT2D eigenvalue weighted by atomic mass is 10.2. The van der Waals surface area contributed by atoms with Crippen LogP contribution in [0.15, 0.2) is 18.2 Å². The average molecular weight is 370 g/mol. The molecule has 0 amide bonds. The highest BCUT2D eigenvalue weighted by atomic mass is 127. The second kappa shape index (κ2) is 9.11. The molecular formula is C13H18ClFIN. The van der Waals surface area contributed by atoms with Crippen molar-refractivity contribution in [3.8, 4) is 0 Å². The van der Waals surface area contributed by atoms with Gasteiger partial charge in [-0.3, -0.25) is 0 Å². The molecule has 0 saturated heterocycles. The molecular weight excluding hydrogens is 352 g/mol. The fourth-order valence-corrected chi connectivity index (χ4v) is 2.32. The Kier molecular flexibility index (Phi) is 8.14. The molecule has 4 heteroatoms. The number of rotatable bonds is 8. The fourth-order valence-electron chi connectivity index (χ4n) is 1.60. The van der Waals surface area contributed by atoms with Crippen LogP contribution >= 0.6 is 34.2 Å². The van der Waals surface area contributed by atoms with Gasteiger partial charge in [-0.25, -0.2) is 4.39 Å². The zero-order valence-corrected chi connectivity index (χ0v) is 12.7. The highest BCUT2D eigenvalue weighted by Crippen LogP contribution is 2.16. The van der Waals surface area contributed by atoms with E-state index in [1.165, 1.54) is 42.2 Å². The number of unbranched alkanes of at least 4 members (excludes halogenated alkanes) is 3. The van der Waals surface area contributed by atoms with Gasteiger partial charge in [0, 0.05) is 11.6 Å². The van der Waals surface area contributed by atoms with Crippen LogP contribution in [0.2, 0.25) is 5.02 Å². The highest BCUT2D eigenvalue weighted by molar-refractivity contribution is 14.1. The van der Waals surface area contributed by atoms with Crippen molar-refractivity contribution in [3.63, 3.8) is 0 Å². The van der Waals surface area contributed by atoms with Crippen molar-refractivity contribution < 1.29 is 4.39 Å². The van der Waals surface area contributed by atoms with Crippen LogP contribution in [0.1, 0.15) is 31.2 Å². The van der Waals surface area contributed by atoms with Gasteiger partial charge in [0.25, 0.3) is 0 Å². The molecule has 0 spiro atoms. The maximum absolute atomic E-state index is 13.0. The van der Waals surface area contributed by atoms with Gasteiger partial charge in [-0.2, -0.15) is 0 Å². The third-order valence-electron chi connectivity index (χ3n) is 2.56. The van der Waals surface area contributed by atoms with E-state index in [9.17, 15) is 4.39 Å². The van der Waals surface area contributed by atoms with Crippen LogP contribution in [-0.2, 0) is 6.54 Å². The standard InChI is InChI=1S/C13H18ClFIN/c14-13-6-5-12(15)9-11(13)10-17-8-4-2-1-3-7-16/h5-6,9,17H,1-4,7-8,10H2. The van der Waals surface area contributed by atoms with Crippen molar-refractivity contribution in [2.24, 2.45) is 0 Å². The molecule has 17 heavy (non-hydrogen) atoms. The predicted octanol–water partition coefficient (Wildman–Crippen LogP) is 4.56. The Morgan fingerprint density at radius 2 is 1.94 bits per heavy atom. The van der Waals surface area contributed by atoms with Gasteiger partial charge in [0.2, 0.25) is 0 Å². The molecule has 0 saturated carbocycles. The molecule has 0 radical (unpaired) electrons. The molecule has 1 N–H and O–H groups in total. The highest BCUT2D eigenvalue weighted by Gasteiger charge is 2.01. The normalized spacial score (nSPS) is 10.8. The molecule has 0 atom stereocenters. The minimum atomic E-state index is -0.228. The summed E-state index contributed by atoms with van der Waals surface area (Å²) in [5.41, 5.74) is 0.832. The molecule has 1 nitrogen and oxygen atoms in total. The Morgan fingerprint density at radius 1 is 1.18 bits per heavy atom. The van der Waals surface area contributed by atoms with Crippen molar-refractivity contribution in [3.05, 3.63) is 34.6 Å². The second-order valence-electron chi connectivity index (χ2n) is 4.02. The van der Waals surface area contributed by atoms with Gasteiger partial charge in [0.05, 0.1) is 0 Å². The van der Waals surface area contributed by atoms with E-state index in [1.54, 1.807) is 6.07 Å². The molecule has 1 aromatic carbocycles. The third kappa shape index (κ3) is 6.58. The summed E-state index contributed by atoms with van der Waals surface area (Å²) < 4.78 is 14.2. The molecule has 0 aliphatic heterocycles. The van der Waals surface area contributed by atoms with Crippen molar-refractivity contribution in [2.45, 2.75) is 32.2 Å². The SMILES string of the molecule is Fc1ccc(Cl)c(CNCCCCCCI)c1. The minimum absolute atomic E-state index is 0.228. The summed E-state index contributed by atoms with van der Waals surface area (Å²) in [4.78, 5) is 0. The first-order valence-corrected chi connectivity index (χ1v) is 7.85. The Bertz CT molecular complexity index is 333. The van der Waals surface area contributed by atoms with E-state index in [0.29, 0.717) is 11.6 Å². The quantitative estimate of drug-likeness (QED) is 0.402. The van der Waals surface area contributed by atoms with Gasteiger partial charge in [-0.05, 0) is 47.6 Å². The van der Waals surface area contributed by atoms with Gasteiger partial charge >= 0.3 is 0 Å². The Balaban J connectivity index is 2.15. The lowest BCUT2D eigenvalue weighted by Crippen LogP contribution is -2.15. The van der Waals surface area contributed by atoms with Crippen LogP contribution < -0.4 is 5.32 Å². The zero-order valence-electron chi connectivity index (χ0n) is 9.82. The van der Waals surface area contributed by atoms with Crippen LogP contribution in [-0.4, -0.2) is 11.0 Å². The van der Waals surface area contributed by atoms with E-state index >= 15 is 0 Å². The maximum atomic E-state index is 13.0. The maximum Gasteiger partial charge on any atom is 0.123 e. The molecule has 0 aliphatic carbocycles. The number of hydrogen-bond donors (Lipinski definition) is 1. The first kappa shape index (κ1) is 15.2. The van der Waals surface area contributed by atoms with Crippen molar-refractivity contribution in [1.29, 1.82) is 0 Å². The monoisotopic (exact) mass is 369 g/mol. The van der Waals surface area contributed by atoms with Gasteiger partial charge in [0.1, 0.15) is 5.82 Å². The molecule has 0 unspecified atom stereocenters. The number of halogens is 3. The zero-order chi connectivity index (χ0) is 12.5. The molecule has 0 aliphatic rings. The smallest absolute Gasteiger partial charge is 0.123 e.